The van der Waals surface area contributed by atoms with Gasteiger partial charge in [-0.3, -0.25) is 9.78 Å². The first-order valence-electron chi connectivity index (χ1n) is 7.96. The molecule has 5 nitrogen and oxygen atoms in total. The lowest BCUT2D eigenvalue weighted by Gasteiger charge is -2.19. The Morgan fingerprint density at radius 2 is 2.17 bits per heavy atom. The van der Waals surface area contributed by atoms with E-state index in [1.165, 1.54) is 0 Å². The number of aryl methyl sites for hydroxylation is 2. The van der Waals surface area contributed by atoms with Gasteiger partial charge >= 0.3 is 0 Å². The number of hydrogen-bond donors (Lipinski definition) is 1. The number of pyridine rings is 1. The van der Waals surface area contributed by atoms with Crippen molar-refractivity contribution in [3.63, 3.8) is 0 Å². The van der Waals surface area contributed by atoms with Crippen molar-refractivity contribution in [3.8, 4) is 0 Å². The van der Waals surface area contributed by atoms with Gasteiger partial charge in [0, 0.05) is 12.0 Å². The van der Waals surface area contributed by atoms with E-state index in [-0.39, 0.29) is 18.1 Å². The van der Waals surface area contributed by atoms with Crippen LogP contribution < -0.4 is 5.32 Å². The van der Waals surface area contributed by atoms with E-state index in [0.29, 0.717) is 25.4 Å². The van der Waals surface area contributed by atoms with Gasteiger partial charge in [-0.1, -0.05) is 11.6 Å². The van der Waals surface area contributed by atoms with E-state index in [0.717, 1.165) is 22.2 Å². The summed E-state index contributed by atoms with van der Waals surface area (Å²) in [5.41, 5.74) is 3.38. The van der Waals surface area contributed by atoms with Crippen LogP contribution in [0.3, 0.4) is 0 Å². The van der Waals surface area contributed by atoms with Gasteiger partial charge in [0.2, 0.25) is 0 Å². The largest absolute Gasteiger partial charge is 0.376 e. The summed E-state index contributed by atoms with van der Waals surface area (Å²) in [4.78, 5) is 17.2. The van der Waals surface area contributed by atoms with Crippen LogP contribution in [0.5, 0.6) is 0 Å². The van der Waals surface area contributed by atoms with Gasteiger partial charge in [0.25, 0.3) is 5.91 Å². The number of nitrogens with zero attached hydrogens (tertiary/aromatic N) is 1. The second-order valence-corrected chi connectivity index (χ2v) is 5.93. The van der Waals surface area contributed by atoms with Gasteiger partial charge in [-0.25, -0.2) is 0 Å². The molecule has 23 heavy (non-hydrogen) atoms. The van der Waals surface area contributed by atoms with Gasteiger partial charge in [0.15, 0.2) is 0 Å². The van der Waals surface area contributed by atoms with Crippen molar-refractivity contribution in [1.29, 1.82) is 0 Å². The second-order valence-electron chi connectivity index (χ2n) is 5.93. The lowest BCUT2D eigenvalue weighted by molar-refractivity contribution is 0.0402. The topological polar surface area (TPSA) is 60.5 Å². The van der Waals surface area contributed by atoms with Crippen molar-refractivity contribution in [3.05, 3.63) is 41.1 Å². The zero-order valence-electron chi connectivity index (χ0n) is 13.8. The molecule has 0 unspecified atom stereocenters. The van der Waals surface area contributed by atoms with Crippen molar-refractivity contribution < 1.29 is 14.3 Å². The number of aromatic nitrogens is 1. The molecule has 2 atom stereocenters. The molecule has 0 bridgehead atoms. The Labute approximate surface area is 136 Å². The molecule has 0 spiro atoms. The molecule has 5 heteroatoms. The number of ether oxygens (including phenoxy) is 2. The lowest BCUT2D eigenvalue weighted by Crippen LogP contribution is -2.44. The van der Waals surface area contributed by atoms with Crippen molar-refractivity contribution in [1.82, 2.24) is 10.3 Å². The summed E-state index contributed by atoms with van der Waals surface area (Å²) in [6.07, 6.45) is -0.0834. The van der Waals surface area contributed by atoms with Crippen molar-refractivity contribution in [2.45, 2.75) is 32.9 Å². The van der Waals surface area contributed by atoms with E-state index in [1.807, 2.05) is 45.0 Å². The predicted molar refractivity (Wildman–Crippen MR) is 88.7 cm³/mol. The molecule has 1 aromatic carbocycles. The zero-order valence-corrected chi connectivity index (χ0v) is 13.8. The number of benzene rings is 1. The Bertz CT molecular complexity index is 730. The summed E-state index contributed by atoms with van der Waals surface area (Å²) >= 11 is 0. The SMILES string of the molecule is CCO[C@H]1COC[C@@H]1NC(=O)c1cc2cc(C)ccc2nc1C. The maximum absolute atomic E-state index is 12.6. The van der Waals surface area contributed by atoms with Gasteiger partial charge in [0.05, 0.1) is 36.0 Å². The molecule has 1 amide bonds. The van der Waals surface area contributed by atoms with E-state index in [2.05, 4.69) is 10.3 Å². The minimum atomic E-state index is -0.126. The van der Waals surface area contributed by atoms with Gasteiger partial charge in [-0.15, -0.1) is 0 Å². The highest BCUT2D eigenvalue weighted by atomic mass is 16.5. The summed E-state index contributed by atoms with van der Waals surface area (Å²) in [5.74, 6) is -0.126. The molecule has 0 saturated carbocycles. The smallest absolute Gasteiger partial charge is 0.253 e. The van der Waals surface area contributed by atoms with Crippen LogP contribution in [-0.2, 0) is 9.47 Å². The summed E-state index contributed by atoms with van der Waals surface area (Å²) < 4.78 is 11.0. The first-order chi connectivity index (χ1) is 11.1. The highest BCUT2D eigenvalue weighted by molar-refractivity contribution is 5.98. The molecular formula is C18H22N2O3. The zero-order chi connectivity index (χ0) is 16.4. The molecule has 3 rings (SSSR count). The van der Waals surface area contributed by atoms with Crippen molar-refractivity contribution >= 4 is 16.8 Å². The van der Waals surface area contributed by atoms with Gasteiger partial charge < -0.3 is 14.8 Å². The minimum Gasteiger partial charge on any atom is -0.376 e. The number of carbonyl (C=O) groups excluding carboxylic acids is 1. The molecule has 2 heterocycles. The first kappa shape index (κ1) is 15.9. The third-order valence-corrected chi connectivity index (χ3v) is 4.13. The van der Waals surface area contributed by atoms with E-state index in [1.54, 1.807) is 0 Å². The predicted octanol–water partition coefficient (Wildman–Crippen LogP) is 2.39. The quantitative estimate of drug-likeness (QED) is 0.941. The Kier molecular flexibility index (Phi) is 4.59. The lowest BCUT2D eigenvalue weighted by atomic mass is 10.1. The number of rotatable bonds is 4. The molecule has 0 aliphatic carbocycles. The van der Waals surface area contributed by atoms with Gasteiger partial charge in [0.1, 0.15) is 6.10 Å². The summed E-state index contributed by atoms with van der Waals surface area (Å²) in [5, 5.41) is 4.00. The fraction of sp³-hybridized carbons (Fsp3) is 0.444. The average molecular weight is 314 g/mol. The van der Waals surface area contributed by atoms with Crippen LogP contribution in [0.1, 0.15) is 28.5 Å². The summed E-state index contributed by atoms with van der Waals surface area (Å²) in [6.45, 7) is 7.44. The highest BCUT2D eigenvalue weighted by Gasteiger charge is 2.30. The number of hydrogen-bond acceptors (Lipinski definition) is 4. The molecule has 1 N–H and O–H groups in total. The molecular weight excluding hydrogens is 292 g/mol. The van der Waals surface area contributed by atoms with Crippen molar-refractivity contribution in [2.75, 3.05) is 19.8 Å². The highest BCUT2D eigenvalue weighted by Crippen LogP contribution is 2.19. The Balaban J connectivity index is 1.84. The molecule has 1 saturated heterocycles. The fourth-order valence-electron chi connectivity index (χ4n) is 2.92. The molecule has 122 valence electrons. The van der Waals surface area contributed by atoms with Crippen LogP contribution in [-0.4, -0.2) is 42.9 Å². The number of nitrogens with one attached hydrogen (secondary N) is 1. The van der Waals surface area contributed by atoms with E-state index in [4.69, 9.17) is 9.47 Å². The molecule has 1 aromatic heterocycles. The number of amides is 1. The van der Waals surface area contributed by atoms with Crippen LogP contribution in [0, 0.1) is 13.8 Å². The fourth-order valence-corrected chi connectivity index (χ4v) is 2.92. The molecule has 2 aromatic rings. The second kappa shape index (κ2) is 6.64. The molecule has 1 aliphatic rings. The monoisotopic (exact) mass is 314 g/mol. The molecule has 1 aliphatic heterocycles. The van der Waals surface area contributed by atoms with Gasteiger partial charge in [-0.05, 0) is 39.0 Å². The maximum Gasteiger partial charge on any atom is 0.253 e. The van der Waals surface area contributed by atoms with Crippen LogP contribution in [0.4, 0.5) is 0 Å². The van der Waals surface area contributed by atoms with E-state index >= 15 is 0 Å². The Morgan fingerprint density at radius 3 is 2.96 bits per heavy atom. The van der Waals surface area contributed by atoms with Crippen molar-refractivity contribution in [2.24, 2.45) is 0 Å². The molecule has 0 radical (unpaired) electrons. The number of fused-ring (bicyclic) bond motifs is 1. The third-order valence-electron chi connectivity index (χ3n) is 4.13. The van der Waals surface area contributed by atoms with E-state index < -0.39 is 0 Å². The van der Waals surface area contributed by atoms with Gasteiger partial charge in [-0.2, -0.15) is 0 Å². The third kappa shape index (κ3) is 3.35. The number of carbonyl (C=O) groups is 1. The van der Waals surface area contributed by atoms with E-state index in [9.17, 15) is 4.79 Å². The maximum atomic E-state index is 12.6. The summed E-state index contributed by atoms with van der Waals surface area (Å²) in [7, 11) is 0. The Morgan fingerprint density at radius 1 is 1.35 bits per heavy atom. The minimum absolute atomic E-state index is 0.0834. The van der Waals surface area contributed by atoms with Crippen LogP contribution >= 0.6 is 0 Å². The summed E-state index contributed by atoms with van der Waals surface area (Å²) in [6, 6.07) is 7.84. The normalized spacial score (nSPS) is 20.8. The van der Waals surface area contributed by atoms with Crippen LogP contribution in [0.2, 0.25) is 0 Å². The van der Waals surface area contributed by atoms with Crippen LogP contribution in [0.25, 0.3) is 10.9 Å². The first-order valence-corrected chi connectivity index (χ1v) is 7.96. The molecule has 1 fully saturated rings. The Hall–Kier alpha value is -1.98. The average Bonchev–Trinajstić information content (AvgIpc) is 2.94. The van der Waals surface area contributed by atoms with Crippen LogP contribution in [0.15, 0.2) is 24.3 Å². The standard InChI is InChI=1S/C18H22N2O3/c1-4-23-17-10-22-9-16(17)20-18(21)14-8-13-7-11(2)5-6-15(13)19-12(14)3/h5-8,16-17H,4,9-10H2,1-3H3,(H,20,21)/t16-,17-/m0/s1.